The molecule has 3 rings (SSSR count). The van der Waals surface area contributed by atoms with Crippen molar-refractivity contribution in [1.29, 1.82) is 0 Å². The fourth-order valence-electron chi connectivity index (χ4n) is 4.18. The standard InChI is InChI=1S/C33H33F2NO5/c1-3-41-31(38)22-33(23-39-2,24-40-18-10-15-25-11-6-4-7-12-25)21-30(37)36-32-28(34)19-27(20-29(32)35)17-16-26-13-8-5-9-14-26/h4-15,19-20H,3,18,21-24H2,1-2H3,(H,36,37)/b15-10+. The van der Waals surface area contributed by atoms with E-state index in [1.165, 1.54) is 7.11 Å². The molecule has 0 saturated carbocycles. The van der Waals surface area contributed by atoms with E-state index in [2.05, 4.69) is 17.2 Å². The summed E-state index contributed by atoms with van der Waals surface area (Å²) in [6, 6.07) is 20.7. The van der Waals surface area contributed by atoms with Crippen LogP contribution in [0, 0.1) is 28.9 Å². The van der Waals surface area contributed by atoms with Gasteiger partial charge in [0.05, 0.1) is 32.8 Å². The molecule has 8 heteroatoms. The first-order chi connectivity index (χ1) is 19.8. The number of carbonyl (C=O) groups excluding carboxylic acids is 2. The van der Waals surface area contributed by atoms with Crippen LogP contribution in [0.25, 0.3) is 6.08 Å². The molecule has 0 aromatic heterocycles. The maximum absolute atomic E-state index is 14.9. The topological polar surface area (TPSA) is 73.9 Å². The summed E-state index contributed by atoms with van der Waals surface area (Å²) in [5.74, 6) is 2.37. The highest BCUT2D eigenvalue weighted by atomic mass is 19.1. The highest BCUT2D eigenvalue weighted by molar-refractivity contribution is 5.92. The van der Waals surface area contributed by atoms with Gasteiger partial charge in [0.1, 0.15) is 5.69 Å². The Morgan fingerprint density at radius 2 is 1.54 bits per heavy atom. The average Bonchev–Trinajstić information content (AvgIpc) is 2.95. The van der Waals surface area contributed by atoms with Gasteiger partial charge in [0.25, 0.3) is 0 Å². The molecule has 0 fully saturated rings. The molecule has 3 aromatic rings. The first kappa shape index (κ1) is 31.2. The molecule has 6 nitrogen and oxygen atoms in total. The smallest absolute Gasteiger partial charge is 0.306 e. The monoisotopic (exact) mass is 561 g/mol. The highest BCUT2D eigenvalue weighted by Gasteiger charge is 2.37. The van der Waals surface area contributed by atoms with Crippen LogP contribution in [0.3, 0.4) is 0 Å². The van der Waals surface area contributed by atoms with Crippen molar-refractivity contribution >= 4 is 23.6 Å². The quantitative estimate of drug-likeness (QED) is 0.157. The Balaban J connectivity index is 1.73. The van der Waals surface area contributed by atoms with Crippen molar-refractivity contribution in [2.45, 2.75) is 19.8 Å². The number of hydrogen-bond donors (Lipinski definition) is 1. The van der Waals surface area contributed by atoms with Gasteiger partial charge in [-0.25, -0.2) is 8.78 Å². The van der Waals surface area contributed by atoms with Crippen LogP contribution in [-0.4, -0.2) is 45.4 Å². The Morgan fingerprint density at radius 1 is 0.902 bits per heavy atom. The fraction of sp³-hybridized carbons (Fsp3) is 0.273. The van der Waals surface area contributed by atoms with Crippen molar-refractivity contribution in [3.63, 3.8) is 0 Å². The SMILES string of the molecule is CCOC(=O)CC(COC)(COC/C=C/c1ccccc1)CC(=O)Nc1c(F)cc(C#Cc2ccccc2)cc1F. The lowest BCUT2D eigenvalue weighted by atomic mass is 9.82. The largest absolute Gasteiger partial charge is 0.466 e. The van der Waals surface area contributed by atoms with Gasteiger partial charge in [0, 0.05) is 30.1 Å². The van der Waals surface area contributed by atoms with Crippen LogP contribution in [0.4, 0.5) is 14.5 Å². The number of methoxy groups -OCH3 is 1. The predicted octanol–water partition coefficient (Wildman–Crippen LogP) is 6.01. The van der Waals surface area contributed by atoms with E-state index in [9.17, 15) is 18.4 Å². The Hall–Kier alpha value is -4.32. The first-order valence-electron chi connectivity index (χ1n) is 13.1. The summed E-state index contributed by atoms with van der Waals surface area (Å²) in [6.45, 7) is 1.98. The molecule has 0 aliphatic heterocycles. The number of hydrogen-bond acceptors (Lipinski definition) is 5. The molecular formula is C33H33F2NO5. The second-order valence-electron chi connectivity index (χ2n) is 9.40. The van der Waals surface area contributed by atoms with Crippen molar-refractivity contribution in [1.82, 2.24) is 0 Å². The van der Waals surface area contributed by atoms with Gasteiger partial charge in [-0.15, -0.1) is 0 Å². The van der Waals surface area contributed by atoms with Gasteiger partial charge in [0.2, 0.25) is 5.91 Å². The zero-order valence-electron chi connectivity index (χ0n) is 23.1. The van der Waals surface area contributed by atoms with E-state index in [0.29, 0.717) is 5.56 Å². The summed E-state index contributed by atoms with van der Waals surface area (Å²) in [7, 11) is 1.43. The number of esters is 1. The number of carbonyl (C=O) groups is 2. The molecule has 0 radical (unpaired) electrons. The van der Waals surface area contributed by atoms with E-state index in [0.717, 1.165) is 17.7 Å². The van der Waals surface area contributed by atoms with E-state index in [-0.39, 0.29) is 44.8 Å². The molecule has 0 aliphatic rings. The third-order valence-corrected chi connectivity index (χ3v) is 5.97. The molecule has 0 saturated heterocycles. The van der Waals surface area contributed by atoms with Crippen LogP contribution in [-0.2, 0) is 23.8 Å². The van der Waals surface area contributed by atoms with Crippen LogP contribution in [0.2, 0.25) is 0 Å². The van der Waals surface area contributed by atoms with E-state index < -0.39 is 34.6 Å². The third-order valence-electron chi connectivity index (χ3n) is 5.97. The highest BCUT2D eigenvalue weighted by Crippen LogP contribution is 2.30. The van der Waals surface area contributed by atoms with Gasteiger partial charge in [0.15, 0.2) is 11.6 Å². The third kappa shape index (κ3) is 10.3. The summed E-state index contributed by atoms with van der Waals surface area (Å²) in [5, 5.41) is 2.31. The Morgan fingerprint density at radius 3 is 2.17 bits per heavy atom. The summed E-state index contributed by atoms with van der Waals surface area (Å²) in [6.07, 6.45) is 3.19. The number of ether oxygens (including phenoxy) is 3. The van der Waals surface area contributed by atoms with Gasteiger partial charge in [-0.1, -0.05) is 72.5 Å². The van der Waals surface area contributed by atoms with Crippen LogP contribution in [0.1, 0.15) is 36.5 Å². The molecule has 1 atom stereocenters. The van der Waals surface area contributed by atoms with Crippen LogP contribution in [0.15, 0.2) is 78.9 Å². The lowest BCUT2D eigenvalue weighted by Crippen LogP contribution is -2.39. The maximum Gasteiger partial charge on any atom is 0.306 e. The minimum Gasteiger partial charge on any atom is -0.466 e. The first-order valence-corrected chi connectivity index (χ1v) is 13.1. The van der Waals surface area contributed by atoms with E-state index in [1.807, 2.05) is 60.7 Å². The summed E-state index contributed by atoms with van der Waals surface area (Å²) >= 11 is 0. The molecular weight excluding hydrogens is 528 g/mol. The molecule has 1 amide bonds. The summed E-state index contributed by atoms with van der Waals surface area (Å²) in [4.78, 5) is 25.5. The molecule has 1 unspecified atom stereocenters. The molecule has 0 heterocycles. The Bertz CT molecular complexity index is 1360. The predicted molar refractivity (Wildman–Crippen MR) is 154 cm³/mol. The van der Waals surface area contributed by atoms with E-state index in [4.69, 9.17) is 14.2 Å². The minimum atomic E-state index is -1.14. The zero-order chi connectivity index (χ0) is 29.5. The molecule has 1 N–H and O–H groups in total. The van der Waals surface area contributed by atoms with E-state index in [1.54, 1.807) is 19.1 Å². The fourth-order valence-corrected chi connectivity index (χ4v) is 4.18. The van der Waals surface area contributed by atoms with Gasteiger partial charge in [-0.05, 0) is 36.8 Å². The lowest BCUT2D eigenvalue weighted by molar-refractivity contribution is -0.149. The van der Waals surface area contributed by atoms with Crippen LogP contribution in [0.5, 0.6) is 0 Å². The maximum atomic E-state index is 14.9. The summed E-state index contributed by atoms with van der Waals surface area (Å²) in [5.41, 5.74) is 0.0646. The van der Waals surface area contributed by atoms with Crippen molar-refractivity contribution in [2.24, 2.45) is 5.41 Å². The molecule has 0 aliphatic carbocycles. The molecule has 0 spiro atoms. The number of halogens is 2. The molecule has 41 heavy (non-hydrogen) atoms. The number of rotatable bonds is 13. The van der Waals surface area contributed by atoms with Gasteiger partial charge < -0.3 is 19.5 Å². The van der Waals surface area contributed by atoms with Crippen molar-refractivity contribution in [3.8, 4) is 11.8 Å². The zero-order valence-corrected chi connectivity index (χ0v) is 23.1. The van der Waals surface area contributed by atoms with Gasteiger partial charge in [-0.3, -0.25) is 9.59 Å². The van der Waals surface area contributed by atoms with Crippen molar-refractivity contribution < 1.29 is 32.6 Å². The lowest BCUT2D eigenvalue weighted by Gasteiger charge is -2.31. The molecule has 0 bridgehead atoms. The Kier molecular flexibility index (Phi) is 12.2. The van der Waals surface area contributed by atoms with Crippen LogP contribution >= 0.6 is 0 Å². The molecule has 214 valence electrons. The van der Waals surface area contributed by atoms with Crippen LogP contribution < -0.4 is 5.32 Å². The average molecular weight is 562 g/mol. The number of nitrogens with one attached hydrogen (secondary N) is 1. The normalized spacial score (nSPS) is 12.3. The Labute approximate surface area is 239 Å². The van der Waals surface area contributed by atoms with E-state index >= 15 is 0 Å². The second-order valence-corrected chi connectivity index (χ2v) is 9.40. The second kappa shape index (κ2) is 16.1. The van der Waals surface area contributed by atoms with Gasteiger partial charge >= 0.3 is 5.97 Å². The summed E-state index contributed by atoms with van der Waals surface area (Å²) < 4.78 is 46.0. The number of benzene rings is 3. The minimum absolute atomic E-state index is 0.0272. The van der Waals surface area contributed by atoms with Crippen molar-refractivity contribution in [2.75, 3.05) is 38.9 Å². The number of anilines is 1. The van der Waals surface area contributed by atoms with Gasteiger partial charge in [-0.2, -0.15) is 0 Å². The van der Waals surface area contributed by atoms with Crippen molar-refractivity contribution in [3.05, 3.63) is 107 Å². The number of amides is 1. The molecule has 3 aromatic carbocycles.